The Morgan fingerprint density at radius 2 is 1.90 bits per heavy atom. The molecule has 1 unspecified atom stereocenters. The monoisotopic (exact) mass is 447 g/mol. The Morgan fingerprint density at radius 1 is 1.17 bits per heavy atom. The summed E-state index contributed by atoms with van der Waals surface area (Å²) in [6.07, 6.45) is 0.638. The molecule has 1 aliphatic heterocycles. The molecule has 1 aromatic heterocycles. The number of thiophene rings is 1. The van der Waals surface area contributed by atoms with Gasteiger partial charge in [0.25, 0.3) is 0 Å². The molecule has 1 fully saturated rings. The van der Waals surface area contributed by atoms with Gasteiger partial charge in [0.1, 0.15) is 5.00 Å². The van der Waals surface area contributed by atoms with Gasteiger partial charge in [0.15, 0.2) is 0 Å². The molecule has 30 heavy (non-hydrogen) atoms. The van der Waals surface area contributed by atoms with Crippen LogP contribution in [0.25, 0.3) is 0 Å². The van der Waals surface area contributed by atoms with E-state index in [1.54, 1.807) is 37.3 Å². The van der Waals surface area contributed by atoms with Crippen LogP contribution in [0.5, 0.6) is 0 Å². The zero-order valence-corrected chi connectivity index (χ0v) is 18.4. The minimum absolute atomic E-state index is 0.0272. The second-order valence-corrected chi connectivity index (χ2v) is 8.73. The predicted molar refractivity (Wildman–Crippen MR) is 114 cm³/mol. The minimum Gasteiger partial charge on any atom is -0.465 e. The number of ether oxygens (including phenoxy) is 2. The lowest BCUT2D eigenvalue weighted by molar-refractivity contribution is -0.121. The molecule has 0 radical (unpaired) electrons. The van der Waals surface area contributed by atoms with E-state index in [9.17, 15) is 19.2 Å². The average molecular weight is 448 g/mol. The molecule has 1 aliphatic rings. The van der Waals surface area contributed by atoms with Gasteiger partial charge >= 0.3 is 11.9 Å². The van der Waals surface area contributed by atoms with Crippen LogP contribution in [0, 0.1) is 0 Å². The Morgan fingerprint density at radius 3 is 2.57 bits per heavy atom. The first-order chi connectivity index (χ1) is 14.4. The molecule has 9 heteroatoms. The molecule has 0 N–H and O–H groups in total. The topological polar surface area (TPSA) is 90.0 Å². The Labute approximate surface area is 182 Å². The number of thioether (sulfide) groups is 1. The van der Waals surface area contributed by atoms with Crippen molar-refractivity contribution in [2.75, 3.05) is 18.6 Å². The van der Waals surface area contributed by atoms with Crippen LogP contribution in [0.3, 0.4) is 0 Å². The predicted octanol–water partition coefficient (Wildman–Crippen LogP) is 3.70. The number of nitrogens with zero attached hydrogens (tertiary/aromatic N) is 1. The summed E-state index contributed by atoms with van der Waals surface area (Å²) in [6, 6.07) is 8.44. The number of hydrogen-bond donors (Lipinski definition) is 0. The highest BCUT2D eigenvalue weighted by Crippen LogP contribution is 2.40. The molecule has 2 amide bonds. The summed E-state index contributed by atoms with van der Waals surface area (Å²) < 4.78 is 9.89. The van der Waals surface area contributed by atoms with E-state index in [0.29, 0.717) is 21.9 Å². The minimum atomic E-state index is -0.703. The Bertz CT molecular complexity index is 999. The van der Waals surface area contributed by atoms with Crippen molar-refractivity contribution in [2.45, 2.75) is 36.8 Å². The van der Waals surface area contributed by atoms with Gasteiger partial charge < -0.3 is 9.47 Å². The molecular weight excluding hydrogens is 426 g/mol. The van der Waals surface area contributed by atoms with E-state index in [-0.39, 0.29) is 24.5 Å². The summed E-state index contributed by atoms with van der Waals surface area (Å²) in [5.74, 6) is -1.87. The summed E-state index contributed by atoms with van der Waals surface area (Å²) >= 11 is 2.38. The van der Waals surface area contributed by atoms with Crippen LogP contribution < -0.4 is 4.90 Å². The van der Waals surface area contributed by atoms with Crippen LogP contribution in [-0.4, -0.2) is 42.7 Å². The van der Waals surface area contributed by atoms with Crippen LogP contribution in [0.1, 0.15) is 45.9 Å². The number of anilines is 1. The number of carbonyl (C=O) groups is 4. The fraction of sp³-hybridized carbons (Fsp3) is 0.333. The van der Waals surface area contributed by atoms with E-state index >= 15 is 0 Å². The molecule has 1 saturated heterocycles. The quantitative estimate of drug-likeness (QED) is 0.472. The van der Waals surface area contributed by atoms with E-state index < -0.39 is 23.1 Å². The zero-order chi connectivity index (χ0) is 21.8. The summed E-state index contributed by atoms with van der Waals surface area (Å²) in [7, 11) is 1.29. The molecule has 0 spiro atoms. The van der Waals surface area contributed by atoms with Crippen molar-refractivity contribution in [3.8, 4) is 0 Å². The van der Waals surface area contributed by atoms with Gasteiger partial charge in [0.2, 0.25) is 11.8 Å². The first kappa shape index (κ1) is 22.0. The maximum atomic E-state index is 13.1. The highest BCUT2D eigenvalue weighted by Gasteiger charge is 2.43. The van der Waals surface area contributed by atoms with E-state index in [4.69, 9.17) is 9.47 Å². The van der Waals surface area contributed by atoms with Gasteiger partial charge in [-0.1, -0.05) is 19.1 Å². The molecule has 7 nitrogen and oxygen atoms in total. The van der Waals surface area contributed by atoms with Crippen molar-refractivity contribution in [3.63, 3.8) is 0 Å². The Kier molecular flexibility index (Phi) is 6.94. The highest BCUT2D eigenvalue weighted by atomic mass is 32.2. The lowest BCUT2D eigenvalue weighted by Crippen LogP contribution is -2.31. The largest absolute Gasteiger partial charge is 0.465 e. The number of benzene rings is 1. The molecule has 2 aromatic rings. The Balaban J connectivity index is 1.91. The molecular formula is C21H21NO6S2. The SMILES string of the molecule is CCOC(=O)c1cc(CC)sc1N1C(=O)CC(Sc2ccccc2C(=O)OC)C1=O. The van der Waals surface area contributed by atoms with Crippen LogP contribution in [-0.2, 0) is 25.5 Å². The van der Waals surface area contributed by atoms with E-state index in [1.807, 2.05) is 6.92 Å². The van der Waals surface area contributed by atoms with Gasteiger partial charge in [-0.25, -0.2) is 14.5 Å². The number of rotatable bonds is 7. The molecule has 158 valence electrons. The molecule has 0 bridgehead atoms. The molecule has 2 heterocycles. The third-order valence-corrected chi connectivity index (χ3v) is 7.00. The van der Waals surface area contributed by atoms with Crippen molar-refractivity contribution < 1.29 is 28.7 Å². The third-order valence-electron chi connectivity index (χ3n) is 4.48. The van der Waals surface area contributed by atoms with Crippen LogP contribution in [0.2, 0.25) is 0 Å². The fourth-order valence-corrected chi connectivity index (χ4v) is 5.32. The maximum absolute atomic E-state index is 13.1. The number of hydrogen-bond acceptors (Lipinski definition) is 8. The van der Waals surface area contributed by atoms with Crippen molar-refractivity contribution >= 4 is 51.9 Å². The van der Waals surface area contributed by atoms with Gasteiger partial charge in [0.05, 0.1) is 30.1 Å². The van der Waals surface area contributed by atoms with E-state index in [2.05, 4.69) is 0 Å². The number of imide groups is 1. The van der Waals surface area contributed by atoms with Crippen molar-refractivity contribution in [3.05, 3.63) is 46.3 Å². The number of carbonyl (C=O) groups excluding carboxylic acids is 4. The highest BCUT2D eigenvalue weighted by molar-refractivity contribution is 8.00. The molecule has 1 aromatic carbocycles. The summed E-state index contributed by atoms with van der Waals surface area (Å²) in [6.45, 7) is 3.82. The normalized spacial score (nSPS) is 16.1. The van der Waals surface area contributed by atoms with Gasteiger partial charge in [-0.15, -0.1) is 23.1 Å². The second-order valence-electron chi connectivity index (χ2n) is 6.37. The van der Waals surface area contributed by atoms with Crippen LogP contribution in [0.4, 0.5) is 5.00 Å². The standard InChI is InChI=1S/C21H21NO6S2/c1-4-12-10-14(21(26)28-5-2)19(29-12)22-17(23)11-16(18(22)24)30-15-9-7-6-8-13(15)20(25)27-3/h6-10,16H,4-5,11H2,1-3H3. The summed E-state index contributed by atoms with van der Waals surface area (Å²) in [4.78, 5) is 52.8. The van der Waals surface area contributed by atoms with Gasteiger partial charge in [-0.3, -0.25) is 9.59 Å². The van der Waals surface area contributed by atoms with E-state index in [0.717, 1.165) is 21.5 Å². The summed E-state index contributed by atoms with van der Waals surface area (Å²) in [5, 5.41) is -0.407. The fourth-order valence-electron chi connectivity index (χ4n) is 3.04. The first-order valence-electron chi connectivity index (χ1n) is 9.41. The van der Waals surface area contributed by atoms with Gasteiger partial charge in [-0.2, -0.15) is 0 Å². The lowest BCUT2D eigenvalue weighted by Gasteiger charge is -2.15. The smallest absolute Gasteiger partial charge is 0.341 e. The second kappa shape index (κ2) is 9.44. The molecule has 0 saturated carbocycles. The van der Waals surface area contributed by atoms with Crippen LogP contribution >= 0.6 is 23.1 Å². The number of aryl methyl sites for hydroxylation is 1. The molecule has 3 rings (SSSR count). The summed E-state index contributed by atoms with van der Waals surface area (Å²) in [5.41, 5.74) is 0.557. The van der Waals surface area contributed by atoms with Crippen molar-refractivity contribution in [2.24, 2.45) is 0 Å². The van der Waals surface area contributed by atoms with Crippen LogP contribution in [0.15, 0.2) is 35.2 Å². The van der Waals surface area contributed by atoms with Crippen molar-refractivity contribution in [1.29, 1.82) is 0 Å². The van der Waals surface area contributed by atoms with Gasteiger partial charge in [0, 0.05) is 16.2 Å². The molecule has 0 aliphatic carbocycles. The number of amides is 2. The van der Waals surface area contributed by atoms with Gasteiger partial charge in [-0.05, 0) is 31.5 Å². The van der Waals surface area contributed by atoms with E-state index in [1.165, 1.54) is 18.4 Å². The lowest BCUT2D eigenvalue weighted by atomic mass is 10.2. The Hall–Kier alpha value is -2.65. The zero-order valence-electron chi connectivity index (χ0n) is 16.8. The third kappa shape index (κ3) is 4.27. The average Bonchev–Trinajstić information content (AvgIpc) is 3.28. The maximum Gasteiger partial charge on any atom is 0.341 e. The molecule has 1 atom stereocenters. The number of methoxy groups -OCH3 is 1. The van der Waals surface area contributed by atoms with Crippen molar-refractivity contribution in [1.82, 2.24) is 0 Å². The first-order valence-corrected chi connectivity index (χ1v) is 11.1. The number of esters is 2.